The maximum atomic E-state index is 12.1. The molecule has 1 amide bonds. The van der Waals surface area contributed by atoms with E-state index in [1.54, 1.807) is 6.92 Å². The van der Waals surface area contributed by atoms with E-state index in [2.05, 4.69) is 15.3 Å². The molecule has 0 aliphatic heterocycles. The number of aliphatic carboxylic acids is 1. The van der Waals surface area contributed by atoms with Gasteiger partial charge in [0.05, 0.1) is 17.8 Å². The summed E-state index contributed by atoms with van der Waals surface area (Å²) in [4.78, 5) is 31.4. The lowest BCUT2D eigenvalue weighted by molar-refractivity contribution is -0.155. The molecule has 1 aromatic carbocycles. The summed E-state index contributed by atoms with van der Waals surface area (Å²) in [5, 5.41) is 20.8. The fourth-order valence-electron chi connectivity index (χ4n) is 1.84. The van der Waals surface area contributed by atoms with Gasteiger partial charge in [0.15, 0.2) is 11.4 Å². The average molecular weight is 315 g/mol. The molecule has 23 heavy (non-hydrogen) atoms. The van der Waals surface area contributed by atoms with E-state index in [0.717, 1.165) is 12.5 Å². The maximum absolute atomic E-state index is 12.1. The number of amides is 1. The third-order valence-corrected chi connectivity index (χ3v) is 3.31. The van der Waals surface area contributed by atoms with Crippen LogP contribution in [-0.4, -0.2) is 44.2 Å². The number of aryl methyl sites for hydroxylation is 1. The summed E-state index contributed by atoms with van der Waals surface area (Å²) in [6, 6.07) is 9.33. The molecule has 0 fully saturated rings. The number of carboxylic acid groups (broad SMARTS) is 1. The SMILES string of the molecule is Cc1nc(-c2ccccc2)ncc1C(=O)NCC(C)(O)C(=O)O. The molecule has 1 heterocycles. The molecule has 0 saturated carbocycles. The Bertz CT molecular complexity index is 729. The van der Waals surface area contributed by atoms with Crippen LogP contribution in [0, 0.1) is 6.92 Å². The van der Waals surface area contributed by atoms with Gasteiger partial charge in [-0.05, 0) is 13.8 Å². The van der Waals surface area contributed by atoms with Crippen LogP contribution in [0.25, 0.3) is 11.4 Å². The van der Waals surface area contributed by atoms with Gasteiger partial charge in [0, 0.05) is 11.8 Å². The van der Waals surface area contributed by atoms with Crippen molar-refractivity contribution in [1.82, 2.24) is 15.3 Å². The molecule has 7 heteroatoms. The summed E-state index contributed by atoms with van der Waals surface area (Å²) < 4.78 is 0. The van der Waals surface area contributed by atoms with Gasteiger partial charge in [0.2, 0.25) is 0 Å². The second-order valence-electron chi connectivity index (χ2n) is 5.32. The van der Waals surface area contributed by atoms with E-state index in [9.17, 15) is 14.7 Å². The zero-order chi connectivity index (χ0) is 17.0. The second kappa shape index (κ2) is 6.53. The van der Waals surface area contributed by atoms with Gasteiger partial charge in [-0.3, -0.25) is 4.79 Å². The number of benzene rings is 1. The van der Waals surface area contributed by atoms with Crippen molar-refractivity contribution in [2.24, 2.45) is 0 Å². The van der Waals surface area contributed by atoms with E-state index in [1.165, 1.54) is 6.20 Å². The Kier molecular flexibility index (Phi) is 4.71. The lowest BCUT2D eigenvalue weighted by Crippen LogP contribution is -2.46. The average Bonchev–Trinajstić information content (AvgIpc) is 2.53. The number of hydrogen-bond acceptors (Lipinski definition) is 5. The van der Waals surface area contributed by atoms with Gasteiger partial charge in [-0.15, -0.1) is 0 Å². The lowest BCUT2D eigenvalue weighted by atomic mass is 10.1. The van der Waals surface area contributed by atoms with Crippen LogP contribution in [0.1, 0.15) is 23.0 Å². The Morgan fingerprint density at radius 1 is 1.26 bits per heavy atom. The molecule has 0 bridgehead atoms. The molecule has 2 aromatic rings. The predicted octanol–water partition coefficient (Wildman–Crippen LogP) is 1.02. The Morgan fingerprint density at radius 2 is 1.91 bits per heavy atom. The molecule has 0 radical (unpaired) electrons. The first kappa shape index (κ1) is 16.6. The van der Waals surface area contributed by atoms with Gasteiger partial charge in [-0.25, -0.2) is 14.8 Å². The fourth-order valence-corrected chi connectivity index (χ4v) is 1.84. The molecule has 0 aliphatic carbocycles. The Hall–Kier alpha value is -2.80. The van der Waals surface area contributed by atoms with Gasteiger partial charge < -0.3 is 15.5 Å². The standard InChI is InChI=1S/C16H17N3O4/c1-10-12(14(20)18-9-16(2,23)15(21)22)8-17-13(19-10)11-6-4-3-5-7-11/h3-8,23H,9H2,1-2H3,(H,18,20)(H,21,22). The smallest absolute Gasteiger partial charge is 0.337 e. The summed E-state index contributed by atoms with van der Waals surface area (Å²) in [5.74, 6) is -1.45. The molecular weight excluding hydrogens is 298 g/mol. The van der Waals surface area contributed by atoms with Crippen molar-refractivity contribution < 1.29 is 19.8 Å². The number of nitrogens with zero attached hydrogens (tertiary/aromatic N) is 2. The van der Waals surface area contributed by atoms with E-state index in [0.29, 0.717) is 11.5 Å². The topological polar surface area (TPSA) is 112 Å². The minimum absolute atomic E-state index is 0.228. The van der Waals surface area contributed by atoms with Crippen LogP contribution in [0.4, 0.5) is 0 Å². The minimum atomic E-state index is -2.03. The molecule has 0 aliphatic rings. The quantitative estimate of drug-likeness (QED) is 0.759. The Morgan fingerprint density at radius 3 is 2.48 bits per heavy atom. The largest absolute Gasteiger partial charge is 0.479 e. The van der Waals surface area contributed by atoms with Gasteiger partial charge >= 0.3 is 5.97 Å². The van der Waals surface area contributed by atoms with Crippen LogP contribution in [-0.2, 0) is 4.79 Å². The summed E-state index contributed by atoms with van der Waals surface area (Å²) in [6.07, 6.45) is 1.38. The molecule has 0 saturated heterocycles. The number of aliphatic hydroxyl groups is 1. The van der Waals surface area contributed by atoms with Crippen molar-refractivity contribution in [1.29, 1.82) is 0 Å². The van der Waals surface area contributed by atoms with Crippen molar-refractivity contribution in [3.63, 3.8) is 0 Å². The highest BCUT2D eigenvalue weighted by Crippen LogP contribution is 2.15. The van der Waals surface area contributed by atoms with Gasteiger partial charge in [0.25, 0.3) is 5.91 Å². The second-order valence-corrected chi connectivity index (χ2v) is 5.32. The number of hydrogen-bond donors (Lipinski definition) is 3. The molecular formula is C16H17N3O4. The maximum Gasteiger partial charge on any atom is 0.337 e. The van der Waals surface area contributed by atoms with Crippen LogP contribution in [0.15, 0.2) is 36.5 Å². The summed E-state index contributed by atoms with van der Waals surface area (Å²) in [7, 11) is 0. The number of aromatic nitrogens is 2. The van der Waals surface area contributed by atoms with Crippen molar-refractivity contribution in [2.75, 3.05) is 6.54 Å². The van der Waals surface area contributed by atoms with Crippen molar-refractivity contribution >= 4 is 11.9 Å². The summed E-state index contributed by atoms with van der Waals surface area (Å²) in [5.41, 5.74) is -0.512. The molecule has 120 valence electrons. The van der Waals surface area contributed by atoms with E-state index in [1.807, 2.05) is 30.3 Å². The van der Waals surface area contributed by atoms with Crippen LogP contribution in [0.3, 0.4) is 0 Å². The van der Waals surface area contributed by atoms with Crippen LogP contribution in [0.5, 0.6) is 0 Å². The van der Waals surface area contributed by atoms with E-state index in [-0.39, 0.29) is 5.56 Å². The summed E-state index contributed by atoms with van der Waals surface area (Å²) in [6.45, 7) is 2.36. The molecule has 1 aromatic heterocycles. The van der Waals surface area contributed by atoms with Crippen molar-refractivity contribution in [3.05, 3.63) is 47.8 Å². The zero-order valence-electron chi connectivity index (χ0n) is 12.8. The molecule has 3 N–H and O–H groups in total. The monoisotopic (exact) mass is 315 g/mol. The van der Waals surface area contributed by atoms with Gasteiger partial charge in [-0.2, -0.15) is 0 Å². The van der Waals surface area contributed by atoms with Gasteiger partial charge in [-0.1, -0.05) is 30.3 Å². The lowest BCUT2D eigenvalue weighted by Gasteiger charge is -2.18. The highest BCUT2D eigenvalue weighted by molar-refractivity contribution is 5.95. The molecule has 1 unspecified atom stereocenters. The Balaban J connectivity index is 2.15. The number of carbonyl (C=O) groups excluding carboxylic acids is 1. The van der Waals surface area contributed by atoms with E-state index >= 15 is 0 Å². The van der Waals surface area contributed by atoms with Crippen LogP contribution < -0.4 is 5.32 Å². The van der Waals surface area contributed by atoms with Gasteiger partial charge in [0.1, 0.15) is 0 Å². The summed E-state index contributed by atoms with van der Waals surface area (Å²) >= 11 is 0. The van der Waals surface area contributed by atoms with Crippen LogP contribution >= 0.6 is 0 Å². The van der Waals surface area contributed by atoms with Crippen LogP contribution in [0.2, 0.25) is 0 Å². The number of rotatable bonds is 5. The number of carbonyl (C=O) groups is 2. The highest BCUT2D eigenvalue weighted by Gasteiger charge is 2.30. The molecule has 7 nitrogen and oxygen atoms in total. The normalized spacial score (nSPS) is 13.2. The van der Waals surface area contributed by atoms with E-state index < -0.39 is 24.0 Å². The third-order valence-electron chi connectivity index (χ3n) is 3.31. The third kappa shape index (κ3) is 3.89. The Labute approximate surface area is 133 Å². The van der Waals surface area contributed by atoms with Crippen molar-refractivity contribution in [3.8, 4) is 11.4 Å². The first-order valence-electron chi connectivity index (χ1n) is 6.94. The first-order valence-corrected chi connectivity index (χ1v) is 6.94. The highest BCUT2D eigenvalue weighted by atomic mass is 16.4. The van der Waals surface area contributed by atoms with E-state index in [4.69, 9.17) is 5.11 Å². The van der Waals surface area contributed by atoms with Crippen molar-refractivity contribution in [2.45, 2.75) is 19.4 Å². The number of nitrogens with one attached hydrogen (secondary N) is 1. The fraction of sp³-hybridized carbons (Fsp3) is 0.250. The predicted molar refractivity (Wildman–Crippen MR) is 82.8 cm³/mol. The minimum Gasteiger partial charge on any atom is -0.479 e. The molecule has 1 atom stereocenters. The molecule has 0 spiro atoms. The zero-order valence-corrected chi connectivity index (χ0v) is 12.8. The molecule has 2 rings (SSSR count). The first-order chi connectivity index (χ1) is 10.8. The number of carboxylic acids is 1.